The normalized spacial score (nSPS) is 13.6. The van der Waals surface area contributed by atoms with Crippen LogP contribution in [0.1, 0.15) is 102 Å². The van der Waals surface area contributed by atoms with Crippen LogP contribution in [0.15, 0.2) is 34.9 Å². The van der Waals surface area contributed by atoms with Gasteiger partial charge in [0, 0.05) is 19.8 Å². The zero-order valence-corrected chi connectivity index (χ0v) is 29.5. The lowest BCUT2D eigenvalue weighted by molar-refractivity contribution is -0.0114. The fraction of sp³-hybridized carbons (Fsp3) is 0.676. The largest absolute Gasteiger partial charge is 0.467 e. The van der Waals surface area contributed by atoms with Crippen molar-refractivity contribution in [2.75, 3.05) is 54.2 Å². The summed E-state index contributed by atoms with van der Waals surface area (Å²) in [5.41, 5.74) is 7.40. The molecule has 0 aliphatic rings. The van der Waals surface area contributed by atoms with Crippen molar-refractivity contribution in [3.8, 4) is 11.5 Å². The van der Waals surface area contributed by atoms with Gasteiger partial charge in [-0.05, 0) is 123 Å². The number of benzene rings is 1. The van der Waals surface area contributed by atoms with Crippen LogP contribution in [0, 0.1) is 20.8 Å². The van der Waals surface area contributed by atoms with Crippen LogP contribution >= 0.6 is 0 Å². The van der Waals surface area contributed by atoms with E-state index in [1.807, 2.05) is 27.7 Å². The van der Waals surface area contributed by atoms with Crippen molar-refractivity contribution in [1.82, 2.24) is 0 Å². The molecule has 0 spiro atoms. The highest BCUT2D eigenvalue weighted by Gasteiger charge is 2.24. The van der Waals surface area contributed by atoms with Crippen molar-refractivity contribution >= 4 is 0 Å². The molecule has 1 aromatic rings. The first kappa shape index (κ1) is 39.9. The lowest BCUT2D eigenvalue weighted by atomic mass is 9.88. The summed E-state index contributed by atoms with van der Waals surface area (Å²) >= 11 is 0. The highest BCUT2D eigenvalue weighted by atomic mass is 16.7. The summed E-state index contributed by atoms with van der Waals surface area (Å²) in [4.78, 5) is 0. The van der Waals surface area contributed by atoms with Gasteiger partial charge in [0.25, 0.3) is 0 Å². The minimum absolute atomic E-state index is 0.126. The molecule has 44 heavy (non-hydrogen) atoms. The van der Waals surface area contributed by atoms with E-state index in [0.29, 0.717) is 45.7 Å². The molecule has 0 aliphatic heterocycles. The monoisotopic (exact) mass is 618 g/mol. The summed E-state index contributed by atoms with van der Waals surface area (Å²) in [5, 5.41) is 11.3. The molecule has 252 valence electrons. The molecule has 7 heteroatoms. The second-order valence-electron chi connectivity index (χ2n) is 12.3. The predicted molar refractivity (Wildman–Crippen MR) is 181 cm³/mol. The van der Waals surface area contributed by atoms with Gasteiger partial charge in [-0.15, -0.1) is 0 Å². The zero-order valence-electron chi connectivity index (χ0n) is 29.5. The molecule has 0 saturated heterocycles. The van der Waals surface area contributed by atoms with Crippen LogP contribution in [0.2, 0.25) is 0 Å². The molecule has 0 heterocycles. The molecule has 0 bridgehead atoms. The number of methoxy groups -OCH3 is 2. The van der Waals surface area contributed by atoms with E-state index in [2.05, 4.69) is 45.9 Å². The summed E-state index contributed by atoms with van der Waals surface area (Å²) in [6.45, 7) is 19.0. The molecular formula is C37H62O7. The fourth-order valence-electron chi connectivity index (χ4n) is 4.96. The van der Waals surface area contributed by atoms with Crippen LogP contribution in [0.25, 0.3) is 0 Å². The van der Waals surface area contributed by atoms with Gasteiger partial charge in [-0.1, -0.05) is 34.9 Å². The molecule has 1 rings (SSSR count). The smallest absolute Gasteiger partial charge is 0.189 e. The lowest BCUT2D eigenvalue weighted by Crippen LogP contribution is -2.25. The summed E-state index contributed by atoms with van der Waals surface area (Å²) in [6, 6.07) is 0. The maximum absolute atomic E-state index is 11.3. The maximum atomic E-state index is 11.3. The highest BCUT2D eigenvalue weighted by Crippen LogP contribution is 2.39. The summed E-state index contributed by atoms with van der Waals surface area (Å²) in [5.74, 6) is 1.59. The average Bonchev–Trinajstić information content (AvgIpc) is 2.96. The Morgan fingerprint density at radius 3 is 1.70 bits per heavy atom. The molecule has 1 atom stereocenters. The summed E-state index contributed by atoms with van der Waals surface area (Å²) in [6.07, 6.45) is 14.1. The maximum Gasteiger partial charge on any atom is 0.189 e. The van der Waals surface area contributed by atoms with Crippen LogP contribution in [0.5, 0.6) is 11.5 Å². The first-order chi connectivity index (χ1) is 20.9. The van der Waals surface area contributed by atoms with Gasteiger partial charge in [-0.3, -0.25) is 0 Å². The first-order valence-corrected chi connectivity index (χ1v) is 16.1. The minimum atomic E-state index is -0.819. The van der Waals surface area contributed by atoms with E-state index in [1.54, 1.807) is 14.2 Å². The Morgan fingerprint density at radius 2 is 1.16 bits per heavy atom. The van der Waals surface area contributed by atoms with Crippen LogP contribution in [-0.4, -0.2) is 64.9 Å². The van der Waals surface area contributed by atoms with Gasteiger partial charge >= 0.3 is 0 Å². The summed E-state index contributed by atoms with van der Waals surface area (Å²) < 4.78 is 33.6. The third-order valence-corrected chi connectivity index (χ3v) is 7.96. The first-order valence-electron chi connectivity index (χ1n) is 16.1. The number of rotatable bonds is 24. The minimum Gasteiger partial charge on any atom is -0.467 e. The fourth-order valence-corrected chi connectivity index (χ4v) is 4.96. The standard InChI is InChI=1S/C37H62O7/c1-28(2)14-11-15-29(3)16-12-17-30(4)18-13-20-37(8,38)21-19-34-33(7)35(43-26-41-24-22-39-9)31(5)32(6)36(34)44-27-42-25-23-40-10/h14,16,18,38H,11-13,15,17,19-27H2,1-10H3/b29-16+,30-18+/t37-/m1/s1. The lowest BCUT2D eigenvalue weighted by Gasteiger charge is -2.26. The van der Waals surface area contributed by atoms with E-state index in [9.17, 15) is 5.11 Å². The van der Waals surface area contributed by atoms with Gasteiger partial charge in [0.15, 0.2) is 13.6 Å². The molecule has 0 aromatic heterocycles. The van der Waals surface area contributed by atoms with Crippen LogP contribution < -0.4 is 9.47 Å². The number of aliphatic hydroxyl groups is 1. The Morgan fingerprint density at radius 1 is 0.659 bits per heavy atom. The predicted octanol–water partition coefficient (Wildman–Crippen LogP) is 8.49. The Labute approximate surface area is 268 Å². The number of hydrogen-bond donors (Lipinski definition) is 1. The van der Waals surface area contributed by atoms with Gasteiger partial charge in [0.05, 0.1) is 32.0 Å². The Bertz CT molecular complexity index is 1050. The van der Waals surface area contributed by atoms with E-state index < -0.39 is 5.60 Å². The van der Waals surface area contributed by atoms with Crippen molar-refractivity contribution in [3.63, 3.8) is 0 Å². The molecule has 0 saturated carbocycles. The number of allylic oxidation sites excluding steroid dienone is 6. The molecule has 0 amide bonds. The molecule has 0 fully saturated rings. The molecular weight excluding hydrogens is 556 g/mol. The van der Waals surface area contributed by atoms with Gasteiger partial charge in [0.1, 0.15) is 11.5 Å². The van der Waals surface area contributed by atoms with E-state index in [-0.39, 0.29) is 13.6 Å². The van der Waals surface area contributed by atoms with Crippen molar-refractivity contribution < 1.29 is 33.5 Å². The van der Waals surface area contributed by atoms with Crippen LogP contribution in [0.4, 0.5) is 0 Å². The second kappa shape index (κ2) is 22.4. The van der Waals surface area contributed by atoms with Gasteiger partial charge in [0.2, 0.25) is 0 Å². The summed E-state index contributed by atoms with van der Waals surface area (Å²) in [7, 11) is 3.29. The van der Waals surface area contributed by atoms with Gasteiger partial charge in [-0.2, -0.15) is 0 Å². The Kier molecular flexibility index (Phi) is 20.3. The topological polar surface area (TPSA) is 75.6 Å². The molecule has 1 aromatic carbocycles. The van der Waals surface area contributed by atoms with Crippen molar-refractivity contribution in [3.05, 3.63) is 57.2 Å². The molecule has 0 aliphatic carbocycles. The van der Waals surface area contributed by atoms with E-state index >= 15 is 0 Å². The van der Waals surface area contributed by atoms with Crippen molar-refractivity contribution in [2.45, 2.75) is 112 Å². The van der Waals surface area contributed by atoms with Gasteiger partial charge in [-0.25, -0.2) is 0 Å². The Hall–Kier alpha value is -2.16. The van der Waals surface area contributed by atoms with E-state index in [4.69, 9.17) is 28.4 Å². The molecule has 0 unspecified atom stereocenters. The third kappa shape index (κ3) is 16.2. The molecule has 1 N–H and O–H groups in total. The SMILES string of the molecule is COCCOCOc1c(C)c(C)c(OCOCCOC)c(CC[C@](C)(O)CC/C=C(\C)CC/C=C(\C)CCC=C(C)C)c1C. The quantitative estimate of drug-likeness (QED) is 0.0707. The average molecular weight is 619 g/mol. The van der Waals surface area contributed by atoms with Crippen molar-refractivity contribution in [1.29, 1.82) is 0 Å². The number of ether oxygens (including phenoxy) is 6. The van der Waals surface area contributed by atoms with Gasteiger partial charge < -0.3 is 33.5 Å². The second-order valence-corrected chi connectivity index (χ2v) is 12.3. The van der Waals surface area contributed by atoms with E-state index in [1.165, 1.54) is 16.7 Å². The van der Waals surface area contributed by atoms with Crippen LogP contribution in [-0.2, 0) is 25.4 Å². The highest BCUT2D eigenvalue weighted by molar-refractivity contribution is 5.58. The third-order valence-electron chi connectivity index (χ3n) is 7.96. The van der Waals surface area contributed by atoms with Crippen molar-refractivity contribution in [2.24, 2.45) is 0 Å². The molecule has 0 radical (unpaired) electrons. The van der Waals surface area contributed by atoms with E-state index in [0.717, 1.165) is 65.9 Å². The molecule has 7 nitrogen and oxygen atoms in total. The number of hydrogen-bond acceptors (Lipinski definition) is 7. The van der Waals surface area contributed by atoms with Crippen LogP contribution in [0.3, 0.4) is 0 Å². The zero-order chi connectivity index (χ0) is 33.0. The Balaban J connectivity index is 2.89.